The summed E-state index contributed by atoms with van der Waals surface area (Å²) in [7, 11) is 0. The van der Waals surface area contributed by atoms with Crippen molar-refractivity contribution in [1.82, 2.24) is 0 Å². The van der Waals surface area contributed by atoms with Crippen molar-refractivity contribution in [2.45, 2.75) is 59.3 Å². The van der Waals surface area contributed by atoms with Crippen molar-refractivity contribution in [1.29, 1.82) is 0 Å². The van der Waals surface area contributed by atoms with Gasteiger partial charge in [-0.2, -0.15) is 0 Å². The molecule has 1 heteroatoms. The summed E-state index contributed by atoms with van der Waals surface area (Å²) in [5, 5.41) is 0. The van der Waals surface area contributed by atoms with E-state index in [9.17, 15) is 4.79 Å². The van der Waals surface area contributed by atoms with E-state index in [2.05, 4.69) is 20.8 Å². The maximum Gasteiger partial charge on any atom is 0.123 e. The third-order valence-corrected chi connectivity index (χ3v) is 4.30. The van der Waals surface area contributed by atoms with Crippen molar-refractivity contribution < 1.29 is 4.79 Å². The molecule has 1 fully saturated rings. The van der Waals surface area contributed by atoms with Crippen molar-refractivity contribution in [3.05, 3.63) is 0 Å². The molecule has 1 saturated carbocycles. The third-order valence-electron chi connectivity index (χ3n) is 4.30. The fraction of sp³-hybridized carbons (Fsp3) is 0.929. The molecule has 0 amide bonds. The van der Waals surface area contributed by atoms with Crippen molar-refractivity contribution in [2.24, 2.45) is 23.7 Å². The lowest BCUT2D eigenvalue weighted by Crippen LogP contribution is -2.26. The molecule has 0 heterocycles. The highest BCUT2D eigenvalue weighted by atomic mass is 16.1. The Morgan fingerprint density at radius 2 is 2.00 bits per heavy atom. The van der Waals surface area contributed by atoms with E-state index in [1.807, 2.05) is 0 Å². The topological polar surface area (TPSA) is 17.1 Å². The average molecular weight is 210 g/mol. The van der Waals surface area contributed by atoms with Gasteiger partial charge in [0.05, 0.1) is 0 Å². The second-order valence-electron chi connectivity index (χ2n) is 5.39. The molecule has 0 N–H and O–H groups in total. The predicted molar refractivity (Wildman–Crippen MR) is 64.7 cm³/mol. The highest BCUT2D eigenvalue weighted by Gasteiger charge is 2.29. The summed E-state index contributed by atoms with van der Waals surface area (Å²) in [6.07, 6.45) is 8.69. The first kappa shape index (κ1) is 12.7. The summed E-state index contributed by atoms with van der Waals surface area (Å²) < 4.78 is 0. The molecule has 0 saturated heterocycles. The van der Waals surface area contributed by atoms with Crippen LogP contribution < -0.4 is 0 Å². The summed E-state index contributed by atoms with van der Waals surface area (Å²) in [4.78, 5) is 10.8. The third kappa shape index (κ3) is 3.62. The summed E-state index contributed by atoms with van der Waals surface area (Å²) >= 11 is 0. The second-order valence-corrected chi connectivity index (χ2v) is 5.39. The molecule has 0 bridgehead atoms. The minimum absolute atomic E-state index is 0.364. The Hall–Kier alpha value is -0.330. The molecule has 15 heavy (non-hydrogen) atoms. The number of rotatable bonds is 5. The molecule has 0 radical (unpaired) electrons. The van der Waals surface area contributed by atoms with E-state index in [0.29, 0.717) is 5.92 Å². The van der Waals surface area contributed by atoms with Gasteiger partial charge in [-0.05, 0) is 43.4 Å². The second kappa shape index (κ2) is 6.30. The van der Waals surface area contributed by atoms with Gasteiger partial charge in [0.15, 0.2) is 0 Å². The van der Waals surface area contributed by atoms with Crippen LogP contribution in [0, 0.1) is 23.7 Å². The van der Waals surface area contributed by atoms with Crippen LogP contribution in [-0.4, -0.2) is 6.29 Å². The molecule has 1 aliphatic rings. The molecule has 0 aromatic heterocycles. The normalized spacial score (nSPS) is 33.7. The zero-order valence-corrected chi connectivity index (χ0v) is 10.5. The first-order valence-electron chi connectivity index (χ1n) is 6.66. The van der Waals surface area contributed by atoms with Crippen LogP contribution >= 0.6 is 0 Å². The molecule has 4 unspecified atom stereocenters. The molecule has 0 aliphatic heterocycles. The van der Waals surface area contributed by atoms with Crippen molar-refractivity contribution in [3.8, 4) is 0 Å². The SMILES string of the molecule is CCC(C)CC1CCC(C=O)CC1CC. The van der Waals surface area contributed by atoms with Gasteiger partial charge in [-0.1, -0.05) is 33.6 Å². The van der Waals surface area contributed by atoms with Gasteiger partial charge in [0.1, 0.15) is 6.29 Å². The first-order chi connectivity index (χ1) is 7.21. The number of carbonyl (C=O) groups excluding carboxylic acids is 1. The zero-order chi connectivity index (χ0) is 11.3. The van der Waals surface area contributed by atoms with Crippen LogP contribution in [0.1, 0.15) is 59.3 Å². The van der Waals surface area contributed by atoms with Gasteiger partial charge in [-0.15, -0.1) is 0 Å². The van der Waals surface area contributed by atoms with Crippen molar-refractivity contribution >= 4 is 6.29 Å². The Bertz CT molecular complexity index is 188. The van der Waals surface area contributed by atoms with E-state index >= 15 is 0 Å². The van der Waals surface area contributed by atoms with E-state index in [-0.39, 0.29) is 0 Å². The van der Waals surface area contributed by atoms with E-state index in [1.165, 1.54) is 32.0 Å². The van der Waals surface area contributed by atoms with Gasteiger partial charge >= 0.3 is 0 Å². The first-order valence-corrected chi connectivity index (χ1v) is 6.66. The average Bonchev–Trinajstić information content (AvgIpc) is 2.29. The van der Waals surface area contributed by atoms with Crippen LogP contribution in [0.25, 0.3) is 0 Å². The van der Waals surface area contributed by atoms with E-state index in [0.717, 1.165) is 30.6 Å². The monoisotopic (exact) mass is 210 g/mol. The Kier molecular flexibility index (Phi) is 5.35. The Morgan fingerprint density at radius 1 is 1.27 bits per heavy atom. The van der Waals surface area contributed by atoms with Gasteiger partial charge in [0.25, 0.3) is 0 Å². The van der Waals surface area contributed by atoms with Gasteiger partial charge in [0, 0.05) is 5.92 Å². The van der Waals surface area contributed by atoms with Gasteiger partial charge in [-0.25, -0.2) is 0 Å². The maximum atomic E-state index is 10.8. The Labute approximate surface area is 94.6 Å². The lowest BCUT2D eigenvalue weighted by atomic mass is 9.70. The van der Waals surface area contributed by atoms with Crippen LogP contribution in [0.3, 0.4) is 0 Å². The van der Waals surface area contributed by atoms with E-state index in [1.54, 1.807) is 0 Å². The Balaban J connectivity index is 2.46. The molecule has 0 spiro atoms. The fourth-order valence-corrected chi connectivity index (χ4v) is 2.98. The number of hydrogen-bond donors (Lipinski definition) is 0. The van der Waals surface area contributed by atoms with Gasteiger partial charge in [0.2, 0.25) is 0 Å². The molecule has 1 nitrogen and oxygen atoms in total. The molecular weight excluding hydrogens is 184 g/mol. The zero-order valence-electron chi connectivity index (χ0n) is 10.5. The number of carbonyl (C=O) groups is 1. The quantitative estimate of drug-likeness (QED) is 0.625. The Morgan fingerprint density at radius 3 is 2.53 bits per heavy atom. The molecule has 0 aromatic carbocycles. The fourth-order valence-electron chi connectivity index (χ4n) is 2.98. The number of hydrogen-bond acceptors (Lipinski definition) is 1. The lowest BCUT2D eigenvalue weighted by Gasteiger charge is -2.35. The van der Waals surface area contributed by atoms with Crippen molar-refractivity contribution in [3.63, 3.8) is 0 Å². The summed E-state index contributed by atoms with van der Waals surface area (Å²) in [5.41, 5.74) is 0. The highest BCUT2D eigenvalue weighted by Crippen LogP contribution is 2.38. The van der Waals surface area contributed by atoms with Gasteiger partial charge < -0.3 is 4.79 Å². The van der Waals surface area contributed by atoms with Gasteiger partial charge in [-0.3, -0.25) is 0 Å². The van der Waals surface area contributed by atoms with Crippen LogP contribution in [0.5, 0.6) is 0 Å². The molecular formula is C14H26O. The highest BCUT2D eigenvalue weighted by molar-refractivity contribution is 5.53. The molecule has 1 aliphatic carbocycles. The summed E-state index contributed by atoms with van der Waals surface area (Å²) in [6.45, 7) is 6.92. The minimum atomic E-state index is 0.364. The number of aldehydes is 1. The van der Waals surface area contributed by atoms with Crippen LogP contribution in [0.2, 0.25) is 0 Å². The molecule has 0 aromatic rings. The van der Waals surface area contributed by atoms with Crippen LogP contribution in [-0.2, 0) is 4.79 Å². The van der Waals surface area contributed by atoms with Crippen LogP contribution in [0.4, 0.5) is 0 Å². The molecule has 1 rings (SSSR count). The lowest BCUT2D eigenvalue weighted by molar-refractivity contribution is -0.112. The summed E-state index contributed by atoms with van der Waals surface area (Å²) in [6, 6.07) is 0. The standard InChI is InChI=1S/C14H26O/c1-4-11(3)8-14-7-6-12(10-15)9-13(14)5-2/h10-14H,4-9H2,1-3H3. The van der Waals surface area contributed by atoms with E-state index in [4.69, 9.17) is 0 Å². The maximum absolute atomic E-state index is 10.8. The largest absolute Gasteiger partial charge is 0.303 e. The summed E-state index contributed by atoms with van der Waals surface area (Å²) in [5.74, 6) is 2.92. The molecule has 88 valence electrons. The molecule has 4 atom stereocenters. The van der Waals surface area contributed by atoms with Crippen LogP contribution in [0.15, 0.2) is 0 Å². The predicted octanol–water partition coefficient (Wildman–Crippen LogP) is 4.06. The van der Waals surface area contributed by atoms with E-state index < -0.39 is 0 Å². The van der Waals surface area contributed by atoms with Crippen molar-refractivity contribution in [2.75, 3.05) is 0 Å². The smallest absolute Gasteiger partial charge is 0.123 e. The minimum Gasteiger partial charge on any atom is -0.303 e.